The molecule has 0 bridgehead atoms. The second-order valence-corrected chi connectivity index (χ2v) is 2.02. The van der Waals surface area contributed by atoms with E-state index in [-0.39, 0.29) is 0 Å². The van der Waals surface area contributed by atoms with E-state index in [2.05, 4.69) is 6.58 Å². The second kappa shape index (κ2) is 4.53. The highest BCUT2D eigenvalue weighted by Crippen LogP contribution is 2.02. The van der Waals surface area contributed by atoms with E-state index in [9.17, 15) is 0 Å². The fourth-order valence-electron chi connectivity index (χ4n) is 0.570. The second-order valence-electron chi connectivity index (χ2n) is 2.02. The van der Waals surface area contributed by atoms with Crippen molar-refractivity contribution in [3.63, 3.8) is 0 Å². The van der Waals surface area contributed by atoms with Gasteiger partial charge in [0.25, 0.3) is 0 Å². The Kier molecular flexibility index (Phi) is 4.36. The fourth-order valence-corrected chi connectivity index (χ4v) is 0.570. The predicted octanol–water partition coefficient (Wildman–Crippen LogP) is 0.960. The van der Waals surface area contributed by atoms with Crippen molar-refractivity contribution in [2.75, 3.05) is 13.7 Å². The average Bonchev–Trinajstić information content (AvgIpc) is 1.87. The van der Waals surface area contributed by atoms with E-state index < -0.39 is 6.10 Å². The molecule has 2 heteroatoms. The van der Waals surface area contributed by atoms with Gasteiger partial charge in [0.2, 0.25) is 0 Å². The molecule has 1 atom stereocenters. The van der Waals surface area contributed by atoms with E-state index in [1.165, 1.54) is 0 Å². The number of aliphatic hydroxyl groups excluding tert-OH is 1. The highest BCUT2D eigenvalue weighted by molar-refractivity contribution is 5.00. The third-order valence-corrected chi connectivity index (χ3v) is 1.19. The summed E-state index contributed by atoms with van der Waals surface area (Å²) < 4.78 is 4.77. The Morgan fingerprint density at radius 1 is 1.78 bits per heavy atom. The zero-order valence-electron chi connectivity index (χ0n) is 6.05. The van der Waals surface area contributed by atoms with E-state index in [4.69, 9.17) is 9.84 Å². The number of hydrogen-bond donors (Lipinski definition) is 1. The molecule has 1 unspecified atom stereocenters. The molecule has 0 amide bonds. The average molecular weight is 130 g/mol. The summed E-state index contributed by atoms with van der Waals surface area (Å²) in [6.07, 6.45) is 0.312. The van der Waals surface area contributed by atoms with Crippen LogP contribution in [0.5, 0.6) is 0 Å². The molecule has 0 aromatic carbocycles. The summed E-state index contributed by atoms with van der Waals surface area (Å²) >= 11 is 0. The van der Waals surface area contributed by atoms with Crippen LogP contribution in [0.4, 0.5) is 0 Å². The molecule has 0 aliphatic rings. The van der Waals surface area contributed by atoms with Gasteiger partial charge in [0.15, 0.2) is 0 Å². The van der Waals surface area contributed by atoms with Crippen molar-refractivity contribution < 1.29 is 9.84 Å². The number of ether oxygens (including phenoxy) is 1. The number of methoxy groups -OCH3 is 1. The van der Waals surface area contributed by atoms with Gasteiger partial charge in [0.1, 0.15) is 0 Å². The molecule has 0 radical (unpaired) electrons. The van der Waals surface area contributed by atoms with Crippen molar-refractivity contribution in [3.05, 3.63) is 12.2 Å². The van der Waals surface area contributed by atoms with Gasteiger partial charge in [-0.3, -0.25) is 0 Å². The summed E-state index contributed by atoms with van der Waals surface area (Å²) in [6.45, 7) is 6.00. The third kappa shape index (κ3) is 3.27. The van der Waals surface area contributed by atoms with Crippen molar-refractivity contribution >= 4 is 0 Å². The SMILES string of the molecule is C=C(COC)C(O)CC. The Balaban J connectivity index is 3.46. The lowest BCUT2D eigenvalue weighted by atomic mass is 10.1. The standard InChI is InChI=1S/C7H14O2/c1-4-7(8)6(2)5-9-3/h7-8H,2,4-5H2,1,3H3. The first-order valence-corrected chi connectivity index (χ1v) is 3.07. The molecule has 0 saturated carbocycles. The summed E-state index contributed by atoms with van der Waals surface area (Å²) in [5.74, 6) is 0. The largest absolute Gasteiger partial charge is 0.389 e. The molecule has 2 nitrogen and oxygen atoms in total. The van der Waals surface area contributed by atoms with Crippen LogP contribution in [0.25, 0.3) is 0 Å². The van der Waals surface area contributed by atoms with E-state index in [0.29, 0.717) is 13.0 Å². The molecule has 0 aromatic heterocycles. The Morgan fingerprint density at radius 3 is 2.67 bits per heavy atom. The smallest absolute Gasteiger partial charge is 0.0767 e. The first-order chi connectivity index (χ1) is 4.22. The van der Waals surface area contributed by atoms with Gasteiger partial charge in [0.05, 0.1) is 12.7 Å². The van der Waals surface area contributed by atoms with Gasteiger partial charge in [-0.15, -0.1) is 0 Å². The van der Waals surface area contributed by atoms with Gasteiger partial charge >= 0.3 is 0 Å². The predicted molar refractivity (Wildman–Crippen MR) is 37.3 cm³/mol. The minimum absolute atomic E-state index is 0.398. The van der Waals surface area contributed by atoms with Crippen molar-refractivity contribution in [3.8, 4) is 0 Å². The molecule has 0 aliphatic heterocycles. The van der Waals surface area contributed by atoms with Gasteiger partial charge in [-0.25, -0.2) is 0 Å². The van der Waals surface area contributed by atoms with Crippen molar-refractivity contribution in [1.82, 2.24) is 0 Å². The van der Waals surface area contributed by atoms with Crippen LogP contribution in [-0.4, -0.2) is 24.9 Å². The van der Waals surface area contributed by atoms with Gasteiger partial charge < -0.3 is 9.84 Å². The number of rotatable bonds is 4. The Labute approximate surface area is 56.1 Å². The fraction of sp³-hybridized carbons (Fsp3) is 0.714. The van der Waals surface area contributed by atoms with Crippen LogP contribution in [0.15, 0.2) is 12.2 Å². The van der Waals surface area contributed by atoms with E-state index >= 15 is 0 Å². The summed E-state index contributed by atoms with van der Waals surface area (Å²) in [7, 11) is 1.59. The monoisotopic (exact) mass is 130 g/mol. The lowest BCUT2D eigenvalue weighted by Gasteiger charge is -2.09. The molecule has 0 aliphatic carbocycles. The van der Waals surface area contributed by atoms with Crippen LogP contribution < -0.4 is 0 Å². The Morgan fingerprint density at radius 2 is 2.33 bits per heavy atom. The maximum Gasteiger partial charge on any atom is 0.0767 e. The molecule has 0 saturated heterocycles. The first-order valence-electron chi connectivity index (χ1n) is 3.07. The lowest BCUT2D eigenvalue weighted by Crippen LogP contribution is -2.11. The Hall–Kier alpha value is -0.340. The normalized spacial score (nSPS) is 13.2. The highest BCUT2D eigenvalue weighted by atomic mass is 16.5. The van der Waals surface area contributed by atoms with Crippen LogP contribution in [0.3, 0.4) is 0 Å². The molecule has 0 rings (SSSR count). The minimum Gasteiger partial charge on any atom is -0.389 e. The zero-order valence-corrected chi connectivity index (χ0v) is 6.05. The summed E-state index contributed by atoms with van der Waals surface area (Å²) in [6, 6.07) is 0. The Bertz CT molecular complexity index is 88.9. The van der Waals surface area contributed by atoms with Crippen molar-refractivity contribution in [2.24, 2.45) is 0 Å². The summed E-state index contributed by atoms with van der Waals surface area (Å²) in [5, 5.41) is 9.08. The zero-order chi connectivity index (χ0) is 7.28. The molecule has 0 heterocycles. The summed E-state index contributed by atoms with van der Waals surface area (Å²) in [5.41, 5.74) is 0.750. The van der Waals surface area contributed by atoms with Crippen LogP contribution in [0.1, 0.15) is 13.3 Å². The minimum atomic E-state index is -0.398. The van der Waals surface area contributed by atoms with E-state index in [0.717, 1.165) is 5.57 Å². The van der Waals surface area contributed by atoms with E-state index in [1.807, 2.05) is 6.92 Å². The molecule has 0 fully saturated rings. The van der Waals surface area contributed by atoms with E-state index in [1.54, 1.807) is 7.11 Å². The van der Waals surface area contributed by atoms with Crippen LogP contribution in [0.2, 0.25) is 0 Å². The van der Waals surface area contributed by atoms with Gasteiger partial charge in [-0.05, 0) is 12.0 Å². The molecule has 1 N–H and O–H groups in total. The maximum absolute atomic E-state index is 9.08. The number of aliphatic hydroxyl groups is 1. The highest BCUT2D eigenvalue weighted by Gasteiger charge is 2.03. The molecule has 0 aromatic rings. The maximum atomic E-state index is 9.08. The molecule has 54 valence electrons. The third-order valence-electron chi connectivity index (χ3n) is 1.19. The van der Waals surface area contributed by atoms with Crippen LogP contribution >= 0.6 is 0 Å². The van der Waals surface area contributed by atoms with Crippen molar-refractivity contribution in [1.29, 1.82) is 0 Å². The van der Waals surface area contributed by atoms with Crippen LogP contribution in [0, 0.1) is 0 Å². The topological polar surface area (TPSA) is 29.5 Å². The van der Waals surface area contributed by atoms with Crippen molar-refractivity contribution in [2.45, 2.75) is 19.4 Å². The molecule has 0 spiro atoms. The summed E-state index contributed by atoms with van der Waals surface area (Å²) in [4.78, 5) is 0. The lowest BCUT2D eigenvalue weighted by molar-refractivity contribution is 0.161. The van der Waals surface area contributed by atoms with Gasteiger partial charge in [0, 0.05) is 7.11 Å². The number of hydrogen-bond acceptors (Lipinski definition) is 2. The quantitative estimate of drug-likeness (QED) is 0.574. The molecular weight excluding hydrogens is 116 g/mol. The van der Waals surface area contributed by atoms with Gasteiger partial charge in [-0.1, -0.05) is 13.5 Å². The molecular formula is C7H14O2. The molecule has 9 heavy (non-hydrogen) atoms. The van der Waals surface area contributed by atoms with Gasteiger partial charge in [-0.2, -0.15) is 0 Å². The first kappa shape index (κ1) is 8.66. The van der Waals surface area contributed by atoms with Crippen LogP contribution in [-0.2, 0) is 4.74 Å².